The molecular formula is C27H36N8S. The molecule has 9 heteroatoms. The summed E-state index contributed by atoms with van der Waals surface area (Å²) in [5.74, 6) is 2.21. The molecule has 2 bridgehead atoms. The molecule has 2 aliphatic carbocycles. The van der Waals surface area contributed by atoms with Gasteiger partial charge in [0.15, 0.2) is 0 Å². The van der Waals surface area contributed by atoms with Gasteiger partial charge in [0, 0.05) is 67.0 Å². The molecule has 2 aromatic rings. The maximum Gasteiger partial charge on any atom is 0.124 e. The first-order chi connectivity index (χ1) is 17.4. The van der Waals surface area contributed by atoms with E-state index in [1.54, 1.807) is 18.3 Å². The van der Waals surface area contributed by atoms with E-state index in [0.29, 0.717) is 34.9 Å². The summed E-state index contributed by atoms with van der Waals surface area (Å²) in [5.41, 5.74) is 18.8. The number of hydrogen-bond acceptors (Lipinski definition) is 8. The number of likely N-dealkylation sites (N-methyl/N-ethyl adjacent to an activating group) is 1. The molecular weight excluding hydrogens is 468 g/mol. The molecule has 0 aromatic heterocycles. The summed E-state index contributed by atoms with van der Waals surface area (Å²) in [7, 11) is 2.17. The monoisotopic (exact) mass is 504 g/mol. The molecule has 6 rings (SSSR count). The quantitative estimate of drug-likeness (QED) is 0.151. The van der Waals surface area contributed by atoms with Gasteiger partial charge >= 0.3 is 0 Å². The number of benzene rings is 2. The van der Waals surface area contributed by atoms with Crippen molar-refractivity contribution in [2.24, 2.45) is 23.5 Å². The van der Waals surface area contributed by atoms with Gasteiger partial charge in [-0.15, -0.1) is 0 Å². The summed E-state index contributed by atoms with van der Waals surface area (Å²) in [4.78, 5) is 2.36. The van der Waals surface area contributed by atoms with Crippen molar-refractivity contribution in [3.05, 3.63) is 52.6 Å². The predicted molar refractivity (Wildman–Crippen MR) is 150 cm³/mol. The second kappa shape index (κ2) is 9.28. The van der Waals surface area contributed by atoms with E-state index in [1.165, 1.54) is 24.8 Å². The average molecular weight is 505 g/mol. The minimum absolute atomic E-state index is 0.00899. The molecule has 2 saturated carbocycles. The van der Waals surface area contributed by atoms with Gasteiger partial charge in [0.25, 0.3) is 0 Å². The zero-order chi connectivity index (χ0) is 25.0. The summed E-state index contributed by atoms with van der Waals surface area (Å²) >= 11 is 1.67. The van der Waals surface area contributed by atoms with Crippen molar-refractivity contribution in [2.75, 3.05) is 49.0 Å². The topological polar surface area (TPSA) is 130 Å². The number of hydrogen-bond donors (Lipinski definition) is 6. The predicted octanol–water partition coefficient (Wildman–Crippen LogP) is 4.07. The van der Waals surface area contributed by atoms with Crippen molar-refractivity contribution >= 4 is 41.2 Å². The van der Waals surface area contributed by atoms with Gasteiger partial charge in [0.2, 0.25) is 0 Å². The van der Waals surface area contributed by atoms with Crippen molar-refractivity contribution < 1.29 is 0 Å². The van der Waals surface area contributed by atoms with Gasteiger partial charge in [-0.05, 0) is 85.4 Å². The lowest BCUT2D eigenvalue weighted by molar-refractivity contribution is 0.234. The van der Waals surface area contributed by atoms with Crippen LogP contribution in [-0.4, -0.2) is 54.5 Å². The Bertz CT molecular complexity index is 1190. The molecule has 36 heavy (non-hydrogen) atoms. The highest BCUT2D eigenvalue weighted by Gasteiger charge is 2.54. The normalized spacial score (nSPS) is 29.3. The summed E-state index contributed by atoms with van der Waals surface area (Å²) in [6.07, 6.45) is 5.34. The molecule has 8 nitrogen and oxygen atoms in total. The van der Waals surface area contributed by atoms with E-state index < -0.39 is 0 Å². The fourth-order valence-corrected chi connectivity index (χ4v) is 7.92. The molecule has 8 N–H and O–H groups in total. The molecule has 2 aliphatic heterocycles. The van der Waals surface area contributed by atoms with Crippen molar-refractivity contribution in [2.45, 2.75) is 31.2 Å². The second-order valence-electron chi connectivity index (χ2n) is 10.9. The molecule has 5 atom stereocenters. The van der Waals surface area contributed by atoms with Crippen molar-refractivity contribution in [1.82, 2.24) is 9.21 Å². The minimum atomic E-state index is 0.00899. The lowest BCUT2D eigenvalue weighted by Gasteiger charge is -2.44. The smallest absolute Gasteiger partial charge is 0.124 e. The molecule has 5 unspecified atom stereocenters. The van der Waals surface area contributed by atoms with Gasteiger partial charge in [-0.2, -0.15) is 0 Å². The van der Waals surface area contributed by atoms with Crippen LogP contribution in [0.3, 0.4) is 0 Å². The fourth-order valence-electron chi connectivity index (χ4n) is 7.17. The van der Waals surface area contributed by atoms with Gasteiger partial charge in [-0.3, -0.25) is 5.41 Å². The highest BCUT2D eigenvalue weighted by Crippen LogP contribution is 2.64. The van der Waals surface area contributed by atoms with Crippen LogP contribution >= 0.6 is 12.1 Å². The fraction of sp³-hybridized carbons (Fsp3) is 0.481. The van der Waals surface area contributed by atoms with E-state index in [0.717, 1.165) is 48.7 Å². The third-order valence-corrected chi connectivity index (χ3v) is 9.85. The largest absolute Gasteiger partial charge is 0.398 e. The first kappa shape index (κ1) is 23.6. The first-order valence-corrected chi connectivity index (χ1v) is 13.8. The van der Waals surface area contributed by atoms with E-state index in [4.69, 9.17) is 22.3 Å². The van der Waals surface area contributed by atoms with Crippen LogP contribution in [0.1, 0.15) is 53.5 Å². The number of nitrogen functional groups attached to an aromatic ring is 2. The average Bonchev–Trinajstić information content (AvgIpc) is 3.50. The number of nitrogens with one attached hydrogen (secondary N) is 4. The zero-order valence-corrected chi connectivity index (χ0v) is 21.6. The summed E-state index contributed by atoms with van der Waals surface area (Å²) in [6, 6.07) is 10.4. The van der Waals surface area contributed by atoms with Crippen LogP contribution in [0, 0.1) is 28.6 Å². The van der Waals surface area contributed by atoms with Crippen LogP contribution in [0.15, 0.2) is 30.3 Å². The maximum atomic E-state index is 8.40. The van der Waals surface area contributed by atoms with Crippen molar-refractivity contribution in [1.29, 1.82) is 10.8 Å². The van der Waals surface area contributed by atoms with Gasteiger partial charge < -0.3 is 31.8 Å². The Morgan fingerprint density at radius 2 is 1.92 bits per heavy atom. The maximum absolute atomic E-state index is 8.40. The summed E-state index contributed by atoms with van der Waals surface area (Å²) in [5, 5.41) is 20.2. The molecule has 2 aromatic carbocycles. The van der Waals surface area contributed by atoms with E-state index in [9.17, 15) is 0 Å². The number of fused-ring (bicyclic) bond motifs is 7. The Morgan fingerprint density at radius 3 is 2.67 bits per heavy atom. The van der Waals surface area contributed by atoms with Crippen LogP contribution in [-0.2, 0) is 0 Å². The molecule has 0 radical (unpaired) electrons. The number of piperazine rings is 1. The highest BCUT2D eigenvalue weighted by atomic mass is 32.2. The Labute approximate surface area is 217 Å². The van der Waals surface area contributed by atoms with Crippen LogP contribution < -0.4 is 21.5 Å². The molecule has 1 saturated heterocycles. The molecule has 3 fully saturated rings. The lowest BCUT2D eigenvalue weighted by Crippen LogP contribution is -2.41. The Hall–Kier alpha value is -2.75. The van der Waals surface area contributed by atoms with E-state index in [2.05, 4.69) is 44.5 Å². The Kier molecular flexibility index (Phi) is 6.09. The van der Waals surface area contributed by atoms with Crippen molar-refractivity contribution in [3.63, 3.8) is 0 Å². The van der Waals surface area contributed by atoms with Crippen LogP contribution in [0.5, 0.6) is 0 Å². The van der Waals surface area contributed by atoms with Crippen LogP contribution in [0.4, 0.5) is 17.1 Å². The number of nitrogens with two attached hydrogens (primary N) is 2. The third kappa shape index (κ3) is 3.93. The van der Waals surface area contributed by atoms with Gasteiger partial charge in [-0.1, -0.05) is 6.07 Å². The molecule has 190 valence electrons. The van der Waals surface area contributed by atoms with Crippen LogP contribution in [0.25, 0.3) is 0 Å². The van der Waals surface area contributed by atoms with E-state index >= 15 is 0 Å². The zero-order valence-electron chi connectivity index (χ0n) is 20.8. The van der Waals surface area contributed by atoms with Crippen LogP contribution in [0.2, 0.25) is 0 Å². The standard InChI is InChI=1S/C27H36N8S/c1-34-8-10-35(11-9-34)36-33-21-6-7-22-25(19(21)14-28)23-15-2-3-16(12-15)24(23)26(32-22)17-4-5-20(29)18(13-17)27(30)31/h4-7,13-16,23-24,26,28,32-33H,2-3,8-12,29H2,1H3,(H3,30,31). The SMILES string of the molecule is CN1CCN(SNc2ccc3c(c2C=N)C2C4CCC(C4)C2C(c2ccc(N)c(C(=N)N)c2)N3)CC1. The van der Waals surface area contributed by atoms with E-state index in [1.807, 2.05) is 12.1 Å². The number of nitrogens with zero attached hydrogens (tertiary/aromatic N) is 2. The van der Waals surface area contributed by atoms with Crippen molar-refractivity contribution in [3.8, 4) is 0 Å². The number of rotatable bonds is 6. The van der Waals surface area contributed by atoms with E-state index in [-0.39, 0.29) is 11.9 Å². The third-order valence-electron chi connectivity index (χ3n) is 8.91. The molecule has 0 spiro atoms. The number of amidine groups is 1. The minimum Gasteiger partial charge on any atom is -0.398 e. The summed E-state index contributed by atoms with van der Waals surface area (Å²) in [6.45, 7) is 4.21. The molecule has 2 heterocycles. The second-order valence-corrected chi connectivity index (χ2v) is 11.8. The Balaban J connectivity index is 1.35. The van der Waals surface area contributed by atoms with Gasteiger partial charge in [0.1, 0.15) is 5.84 Å². The Morgan fingerprint density at radius 1 is 1.14 bits per heavy atom. The van der Waals surface area contributed by atoms with Gasteiger partial charge in [0.05, 0.1) is 11.7 Å². The highest BCUT2D eigenvalue weighted by molar-refractivity contribution is 7.98. The molecule has 4 aliphatic rings. The summed E-state index contributed by atoms with van der Waals surface area (Å²) < 4.78 is 5.96. The number of anilines is 3. The van der Waals surface area contributed by atoms with Gasteiger partial charge in [-0.25, -0.2) is 4.31 Å². The first-order valence-electron chi connectivity index (χ1n) is 13.0. The lowest BCUT2D eigenvalue weighted by atomic mass is 9.67. The molecule has 0 amide bonds.